The summed E-state index contributed by atoms with van der Waals surface area (Å²) in [7, 11) is 1.92. The topological polar surface area (TPSA) is 52.7 Å². The van der Waals surface area contributed by atoms with Gasteiger partial charge in [0.2, 0.25) is 6.41 Å². The summed E-state index contributed by atoms with van der Waals surface area (Å²) in [6.07, 6.45) is 1.57. The first-order valence-electron chi connectivity index (χ1n) is 4.82. The number of hydrogen-bond acceptors (Lipinski definition) is 4. The molecule has 1 heterocycles. The molecule has 0 aromatic rings. The Balaban J connectivity index is 2.35. The maximum absolute atomic E-state index is 11.2. The Kier molecular flexibility index (Phi) is 4.03. The molecule has 1 N–H and O–H groups in total. The monoisotopic (exact) mass is 199 g/mol. The standard InChI is InChI=1S/C9H17N3O2/c1-8(14)9-3-5-12(11(9)2)6-4-10-7-13/h7,9H,3-6H2,1-2H3,(H,10,13). The minimum atomic E-state index is 0.0197. The zero-order valence-electron chi connectivity index (χ0n) is 8.69. The Hall–Kier alpha value is -0.940. The minimum Gasteiger partial charge on any atom is -0.357 e. The fourth-order valence-corrected chi connectivity index (χ4v) is 1.80. The third kappa shape index (κ3) is 2.52. The molecule has 1 fully saturated rings. The van der Waals surface area contributed by atoms with Gasteiger partial charge in [0.1, 0.15) is 5.78 Å². The van der Waals surface area contributed by atoms with Crippen LogP contribution < -0.4 is 5.32 Å². The van der Waals surface area contributed by atoms with Crippen LogP contribution in [0.2, 0.25) is 0 Å². The van der Waals surface area contributed by atoms with E-state index in [1.54, 1.807) is 6.92 Å². The highest BCUT2D eigenvalue weighted by molar-refractivity contribution is 5.81. The molecule has 0 aromatic heterocycles. The molecule has 1 rings (SSSR count). The van der Waals surface area contributed by atoms with Gasteiger partial charge >= 0.3 is 0 Å². The molecule has 1 aliphatic rings. The van der Waals surface area contributed by atoms with E-state index in [0.29, 0.717) is 13.0 Å². The average molecular weight is 199 g/mol. The molecule has 80 valence electrons. The van der Waals surface area contributed by atoms with Crippen molar-refractivity contribution in [3.05, 3.63) is 0 Å². The molecule has 0 spiro atoms. The number of likely N-dealkylation sites (N-methyl/N-ethyl adjacent to an activating group) is 1. The molecular formula is C9H17N3O2. The van der Waals surface area contributed by atoms with Crippen LogP contribution in [0.1, 0.15) is 13.3 Å². The fourth-order valence-electron chi connectivity index (χ4n) is 1.80. The van der Waals surface area contributed by atoms with Crippen molar-refractivity contribution in [1.29, 1.82) is 0 Å². The summed E-state index contributed by atoms with van der Waals surface area (Å²) in [5.41, 5.74) is 0. The third-order valence-corrected chi connectivity index (χ3v) is 2.62. The second kappa shape index (κ2) is 5.07. The number of rotatable bonds is 5. The highest BCUT2D eigenvalue weighted by Crippen LogP contribution is 2.15. The molecule has 14 heavy (non-hydrogen) atoms. The van der Waals surface area contributed by atoms with E-state index in [1.165, 1.54) is 0 Å². The molecule has 0 radical (unpaired) electrons. The second-order valence-electron chi connectivity index (χ2n) is 3.51. The Bertz CT molecular complexity index is 220. The van der Waals surface area contributed by atoms with Gasteiger partial charge in [-0.1, -0.05) is 0 Å². The lowest BCUT2D eigenvalue weighted by Gasteiger charge is -2.26. The normalized spacial score (nSPS) is 23.7. The van der Waals surface area contributed by atoms with Crippen LogP contribution in [0.3, 0.4) is 0 Å². The average Bonchev–Trinajstić information content (AvgIpc) is 2.48. The zero-order valence-corrected chi connectivity index (χ0v) is 8.69. The molecule has 0 aliphatic carbocycles. The van der Waals surface area contributed by atoms with Crippen LogP contribution in [-0.4, -0.2) is 54.9 Å². The van der Waals surface area contributed by atoms with E-state index >= 15 is 0 Å². The summed E-state index contributed by atoms with van der Waals surface area (Å²) in [6, 6.07) is 0.0197. The Morgan fingerprint density at radius 2 is 2.36 bits per heavy atom. The van der Waals surface area contributed by atoms with Gasteiger partial charge in [-0.25, -0.2) is 10.0 Å². The maximum Gasteiger partial charge on any atom is 0.207 e. The number of hydrogen-bond donors (Lipinski definition) is 1. The third-order valence-electron chi connectivity index (χ3n) is 2.62. The number of nitrogens with one attached hydrogen (secondary N) is 1. The zero-order chi connectivity index (χ0) is 10.6. The Labute approximate surface area is 84.0 Å². The molecule has 0 saturated carbocycles. The first kappa shape index (κ1) is 11.1. The lowest BCUT2D eigenvalue weighted by atomic mass is 10.1. The molecule has 1 amide bonds. The molecule has 5 nitrogen and oxygen atoms in total. The highest BCUT2D eigenvalue weighted by atomic mass is 16.1. The second-order valence-corrected chi connectivity index (χ2v) is 3.51. The summed E-state index contributed by atoms with van der Waals surface area (Å²) in [5, 5.41) is 6.66. The molecule has 1 aliphatic heterocycles. The van der Waals surface area contributed by atoms with Crippen LogP contribution in [0.15, 0.2) is 0 Å². The van der Waals surface area contributed by atoms with E-state index in [4.69, 9.17) is 0 Å². The maximum atomic E-state index is 11.2. The van der Waals surface area contributed by atoms with E-state index in [9.17, 15) is 9.59 Å². The van der Waals surface area contributed by atoms with Gasteiger partial charge in [0, 0.05) is 26.7 Å². The highest BCUT2D eigenvalue weighted by Gasteiger charge is 2.30. The largest absolute Gasteiger partial charge is 0.357 e. The fraction of sp³-hybridized carbons (Fsp3) is 0.778. The van der Waals surface area contributed by atoms with Crippen LogP contribution >= 0.6 is 0 Å². The summed E-state index contributed by atoms with van der Waals surface area (Å²) in [4.78, 5) is 21.2. The van der Waals surface area contributed by atoms with Crippen LogP contribution in [-0.2, 0) is 9.59 Å². The number of amides is 1. The molecule has 1 atom stereocenters. The summed E-state index contributed by atoms with van der Waals surface area (Å²) in [5.74, 6) is 0.207. The lowest BCUT2D eigenvalue weighted by molar-refractivity contribution is -0.124. The predicted molar refractivity (Wildman–Crippen MR) is 52.5 cm³/mol. The van der Waals surface area contributed by atoms with E-state index < -0.39 is 0 Å². The van der Waals surface area contributed by atoms with Gasteiger partial charge in [-0.15, -0.1) is 0 Å². The van der Waals surface area contributed by atoms with Gasteiger partial charge in [-0.05, 0) is 13.3 Å². The summed E-state index contributed by atoms with van der Waals surface area (Å²) < 4.78 is 0. The van der Waals surface area contributed by atoms with Crippen molar-refractivity contribution >= 4 is 12.2 Å². The number of Topliss-reactive ketones (excluding diaryl/α,β-unsaturated/α-hetero) is 1. The van der Waals surface area contributed by atoms with Crippen molar-refractivity contribution in [2.45, 2.75) is 19.4 Å². The van der Waals surface area contributed by atoms with E-state index in [1.807, 2.05) is 12.1 Å². The van der Waals surface area contributed by atoms with Crippen molar-refractivity contribution in [3.63, 3.8) is 0 Å². The summed E-state index contributed by atoms with van der Waals surface area (Å²) in [6.45, 7) is 3.90. The van der Waals surface area contributed by atoms with Gasteiger partial charge in [-0.2, -0.15) is 0 Å². The van der Waals surface area contributed by atoms with E-state index in [0.717, 1.165) is 19.5 Å². The molecule has 0 bridgehead atoms. The van der Waals surface area contributed by atoms with Crippen LogP contribution in [0.25, 0.3) is 0 Å². The number of nitrogens with zero attached hydrogens (tertiary/aromatic N) is 2. The van der Waals surface area contributed by atoms with Gasteiger partial charge in [0.25, 0.3) is 0 Å². The quantitative estimate of drug-likeness (QED) is 0.467. The summed E-state index contributed by atoms with van der Waals surface area (Å²) >= 11 is 0. The van der Waals surface area contributed by atoms with Crippen molar-refractivity contribution < 1.29 is 9.59 Å². The van der Waals surface area contributed by atoms with E-state index in [2.05, 4.69) is 10.3 Å². The molecule has 0 aromatic carbocycles. The number of hydrazine groups is 1. The molecule has 1 unspecified atom stereocenters. The molecule has 1 saturated heterocycles. The number of carbonyl (C=O) groups excluding carboxylic acids is 2. The van der Waals surface area contributed by atoms with Crippen LogP contribution in [0, 0.1) is 0 Å². The SMILES string of the molecule is CC(=O)C1CCN(CCNC=O)N1C. The van der Waals surface area contributed by atoms with Crippen LogP contribution in [0.5, 0.6) is 0 Å². The van der Waals surface area contributed by atoms with Crippen LogP contribution in [0.4, 0.5) is 0 Å². The Morgan fingerprint density at radius 1 is 1.64 bits per heavy atom. The van der Waals surface area contributed by atoms with Crippen molar-refractivity contribution in [2.75, 3.05) is 26.7 Å². The smallest absolute Gasteiger partial charge is 0.207 e. The minimum absolute atomic E-state index is 0.0197. The van der Waals surface area contributed by atoms with Gasteiger partial charge in [0.15, 0.2) is 0 Å². The Morgan fingerprint density at radius 3 is 2.86 bits per heavy atom. The van der Waals surface area contributed by atoms with Crippen molar-refractivity contribution in [2.24, 2.45) is 0 Å². The van der Waals surface area contributed by atoms with Crippen molar-refractivity contribution in [1.82, 2.24) is 15.3 Å². The van der Waals surface area contributed by atoms with E-state index in [-0.39, 0.29) is 11.8 Å². The molecular weight excluding hydrogens is 182 g/mol. The molecule has 5 heteroatoms. The first-order chi connectivity index (χ1) is 6.66. The predicted octanol–water partition coefficient (Wildman–Crippen LogP) is -0.757. The number of carbonyl (C=O) groups is 2. The lowest BCUT2D eigenvalue weighted by Crippen LogP contribution is -2.43. The van der Waals surface area contributed by atoms with Gasteiger partial charge in [-0.3, -0.25) is 9.59 Å². The number of ketones is 1. The van der Waals surface area contributed by atoms with Crippen molar-refractivity contribution in [3.8, 4) is 0 Å². The van der Waals surface area contributed by atoms with Gasteiger partial charge < -0.3 is 5.32 Å². The van der Waals surface area contributed by atoms with Gasteiger partial charge in [0.05, 0.1) is 6.04 Å². The first-order valence-corrected chi connectivity index (χ1v) is 4.82.